The van der Waals surface area contributed by atoms with Crippen molar-refractivity contribution in [1.29, 1.82) is 0 Å². The zero-order chi connectivity index (χ0) is 17.5. The summed E-state index contributed by atoms with van der Waals surface area (Å²) in [4.78, 5) is 16.7. The molecular formula is C21H20N2O2. The molecule has 0 bridgehead atoms. The summed E-state index contributed by atoms with van der Waals surface area (Å²) in [5.74, 6) is 0.688. The van der Waals surface area contributed by atoms with Gasteiger partial charge >= 0.3 is 0 Å². The second kappa shape index (κ2) is 8.11. The van der Waals surface area contributed by atoms with Gasteiger partial charge in [-0.3, -0.25) is 9.78 Å². The summed E-state index contributed by atoms with van der Waals surface area (Å²) in [6.45, 7) is 2.94. The van der Waals surface area contributed by atoms with Crippen LogP contribution in [0.5, 0.6) is 5.75 Å². The first kappa shape index (κ1) is 16.7. The molecule has 1 amide bonds. The fourth-order valence-corrected chi connectivity index (χ4v) is 2.49. The van der Waals surface area contributed by atoms with Crippen LogP contribution in [-0.4, -0.2) is 17.5 Å². The number of carbonyl (C=O) groups is 1. The van der Waals surface area contributed by atoms with Crippen molar-refractivity contribution < 1.29 is 9.53 Å². The van der Waals surface area contributed by atoms with E-state index in [1.54, 1.807) is 12.3 Å². The maximum Gasteiger partial charge on any atom is 0.251 e. The molecular weight excluding hydrogens is 312 g/mol. The van der Waals surface area contributed by atoms with Gasteiger partial charge in [0.15, 0.2) is 0 Å². The normalized spacial score (nSPS) is 10.9. The highest BCUT2D eigenvalue weighted by atomic mass is 16.5. The van der Waals surface area contributed by atoms with Crippen LogP contribution in [0.15, 0.2) is 72.9 Å². The molecule has 0 aliphatic rings. The molecule has 0 spiro atoms. The average Bonchev–Trinajstić information content (AvgIpc) is 2.66. The standard InChI is InChI=1S/C21H20N2O2/c1-2-3-12-25-19-8-4-6-16(13-19)15-23-21(24)18-9-10-20-17(14-18)7-5-11-22-20/h2-11,13-14H,12,15H2,1H3,(H,23,24)/b3-2-. The highest BCUT2D eigenvalue weighted by Gasteiger charge is 2.07. The van der Waals surface area contributed by atoms with E-state index in [1.807, 2.05) is 67.6 Å². The van der Waals surface area contributed by atoms with Gasteiger partial charge in [-0.15, -0.1) is 0 Å². The number of hydrogen-bond acceptors (Lipinski definition) is 3. The smallest absolute Gasteiger partial charge is 0.251 e. The highest BCUT2D eigenvalue weighted by Crippen LogP contribution is 2.15. The van der Waals surface area contributed by atoms with Gasteiger partial charge in [-0.25, -0.2) is 0 Å². The van der Waals surface area contributed by atoms with E-state index in [9.17, 15) is 4.79 Å². The van der Waals surface area contributed by atoms with E-state index in [4.69, 9.17) is 4.74 Å². The van der Waals surface area contributed by atoms with Gasteiger partial charge in [-0.05, 0) is 48.9 Å². The molecule has 0 unspecified atom stereocenters. The van der Waals surface area contributed by atoms with E-state index < -0.39 is 0 Å². The Morgan fingerprint density at radius 2 is 2.08 bits per heavy atom. The van der Waals surface area contributed by atoms with E-state index in [1.165, 1.54) is 0 Å². The molecule has 4 heteroatoms. The van der Waals surface area contributed by atoms with E-state index in [2.05, 4.69) is 10.3 Å². The number of allylic oxidation sites excluding steroid dienone is 1. The number of nitrogens with one attached hydrogen (secondary N) is 1. The SMILES string of the molecule is C/C=C\COc1cccc(CNC(=O)c2ccc3ncccc3c2)c1. The Kier molecular flexibility index (Phi) is 5.42. The van der Waals surface area contributed by atoms with Gasteiger partial charge < -0.3 is 10.1 Å². The van der Waals surface area contributed by atoms with Crippen LogP contribution in [0.2, 0.25) is 0 Å². The summed E-state index contributed by atoms with van der Waals surface area (Å²) in [5.41, 5.74) is 2.50. The fourth-order valence-electron chi connectivity index (χ4n) is 2.49. The number of benzene rings is 2. The molecule has 1 aromatic heterocycles. The van der Waals surface area contributed by atoms with Gasteiger partial charge in [0, 0.05) is 23.7 Å². The zero-order valence-corrected chi connectivity index (χ0v) is 14.1. The van der Waals surface area contributed by atoms with Crippen LogP contribution >= 0.6 is 0 Å². The van der Waals surface area contributed by atoms with Crippen molar-refractivity contribution in [3.05, 3.63) is 84.1 Å². The monoisotopic (exact) mass is 332 g/mol. The molecule has 4 nitrogen and oxygen atoms in total. The van der Waals surface area contributed by atoms with Crippen LogP contribution in [-0.2, 0) is 6.54 Å². The quantitative estimate of drug-likeness (QED) is 0.691. The molecule has 0 aliphatic carbocycles. The molecule has 0 radical (unpaired) electrons. The number of amides is 1. The Morgan fingerprint density at radius 1 is 1.16 bits per heavy atom. The predicted octanol–water partition coefficient (Wildman–Crippen LogP) is 4.12. The van der Waals surface area contributed by atoms with Gasteiger partial charge in [0.1, 0.15) is 12.4 Å². The summed E-state index contributed by atoms with van der Waals surface area (Å²) in [7, 11) is 0. The maximum atomic E-state index is 12.4. The molecule has 0 aliphatic heterocycles. The first-order valence-electron chi connectivity index (χ1n) is 8.22. The van der Waals surface area contributed by atoms with Crippen LogP contribution in [0, 0.1) is 0 Å². The van der Waals surface area contributed by atoms with E-state index >= 15 is 0 Å². The summed E-state index contributed by atoms with van der Waals surface area (Å²) < 4.78 is 5.62. The summed E-state index contributed by atoms with van der Waals surface area (Å²) in [5, 5.41) is 3.90. The number of hydrogen-bond donors (Lipinski definition) is 1. The lowest BCUT2D eigenvalue weighted by atomic mass is 10.1. The second-order valence-electron chi connectivity index (χ2n) is 5.62. The van der Waals surface area contributed by atoms with Gasteiger partial charge in [0.05, 0.1) is 5.52 Å². The topological polar surface area (TPSA) is 51.2 Å². The minimum absolute atomic E-state index is 0.106. The summed E-state index contributed by atoms with van der Waals surface area (Å²) in [6.07, 6.45) is 5.64. The number of rotatable bonds is 6. The number of carbonyl (C=O) groups excluding carboxylic acids is 1. The van der Waals surface area contributed by atoms with Crippen molar-refractivity contribution in [3.8, 4) is 5.75 Å². The Morgan fingerprint density at radius 3 is 2.96 bits per heavy atom. The van der Waals surface area contributed by atoms with E-state index in [0.717, 1.165) is 22.2 Å². The Bertz CT molecular complexity index is 903. The molecule has 0 saturated heterocycles. The molecule has 1 heterocycles. The predicted molar refractivity (Wildman–Crippen MR) is 99.7 cm³/mol. The lowest BCUT2D eigenvalue weighted by molar-refractivity contribution is 0.0951. The largest absolute Gasteiger partial charge is 0.490 e. The van der Waals surface area contributed by atoms with E-state index in [-0.39, 0.29) is 5.91 Å². The average molecular weight is 332 g/mol. The second-order valence-corrected chi connectivity index (χ2v) is 5.62. The minimum Gasteiger partial charge on any atom is -0.490 e. The molecule has 2 aromatic carbocycles. The molecule has 0 saturated carbocycles. The third kappa shape index (κ3) is 4.44. The van der Waals surface area contributed by atoms with Crippen molar-refractivity contribution in [2.24, 2.45) is 0 Å². The molecule has 126 valence electrons. The van der Waals surface area contributed by atoms with Gasteiger partial charge in [0.25, 0.3) is 5.91 Å². The van der Waals surface area contributed by atoms with Crippen LogP contribution in [0.4, 0.5) is 0 Å². The number of aromatic nitrogens is 1. The van der Waals surface area contributed by atoms with Crippen molar-refractivity contribution in [2.75, 3.05) is 6.61 Å². The first-order chi connectivity index (χ1) is 12.3. The van der Waals surface area contributed by atoms with Crippen LogP contribution < -0.4 is 10.1 Å². The van der Waals surface area contributed by atoms with Crippen molar-refractivity contribution in [1.82, 2.24) is 10.3 Å². The summed E-state index contributed by atoms with van der Waals surface area (Å²) >= 11 is 0. The summed E-state index contributed by atoms with van der Waals surface area (Å²) in [6, 6.07) is 17.1. The molecule has 25 heavy (non-hydrogen) atoms. The van der Waals surface area contributed by atoms with Gasteiger partial charge in [0.2, 0.25) is 0 Å². The maximum absolute atomic E-state index is 12.4. The third-order valence-electron chi connectivity index (χ3n) is 3.80. The lowest BCUT2D eigenvalue weighted by Crippen LogP contribution is -2.22. The molecule has 0 fully saturated rings. The molecule has 3 aromatic rings. The van der Waals surface area contributed by atoms with Crippen molar-refractivity contribution >= 4 is 16.8 Å². The highest BCUT2D eigenvalue weighted by molar-refractivity contribution is 5.97. The number of fused-ring (bicyclic) bond motifs is 1. The minimum atomic E-state index is -0.106. The number of pyridine rings is 1. The molecule has 1 N–H and O–H groups in total. The van der Waals surface area contributed by atoms with E-state index in [0.29, 0.717) is 18.7 Å². The fraction of sp³-hybridized carbons (Fsp3) is 0.143. The lowest BCUT2D eigenvalue weighted by Gasteiger charge is -2.08. The number of ether oxygens (including phenoxy) is 1. The van der Waals surface area contributed by atoms with Crippen molar-refractivity contribution in [3.63, 3.8) is 0 Å². The Labute approximate surface area is 147 Å². The van der Waals surface area contributed by atoms with Crippen LogP contribution in [0.3, 0.4) is 0 Å². The number of nitrogens with zero attached hydrogens (tertiary/aromatic N) is 1. The van der Waals surface area contributed by atoms with Gasteiger partial charge in [-0.1, -0.05) is 30.4 Å². The van der Waals surface area contributed by atoms with Gasteiger partial charge in [-0.2, -0.15) is 0 Å². The zero-order valence-electron chi connectivity index (χ0n) is 14.1. The molecule has 3 rings (SSSR count). The van der Waals surface area contributed by atoms with Crippen molar-refractivity contribution in [2.45, 2.75) is 13.5 Å². The third-order valence-corrected chi connectivity index (χ3v) is 3.80. The Balaban J connectivity index is 1.64. The first-order valence-corrected chi connectivity index (χ1v) is 8.22. The van der Waals surface area contributed by atoms with Crippen LogP contribution in [0.1, 0.15) is 22.8 Å². The molecule has 0 atom stereocenters. The van der Waals surface area contributed by atoms with Crippen LogP contribution in [0.25, 0.3) is 10.9 Å². The Hall–Kier alpha value is -3.14.